The lowest BCUT2D eigenvalue weighted by molar-refractivity contribution is -0.129. The van der Waals surface area contributed by atoms with Crippen LogP contribution in [0.5, 0.6) is 0 Å². The molecule has 3 N–H and O–H groups in total. The molecular formula is C37H49N5O3. The van der Waals surface area contributed by atoms with Crippen molar-refractivity contribution in [2.24, 2.45) is 22.2 Å². The zero-order valence-electron chi connectivity index (χ0n) is 28.4. The second-order valence-electron chi connectivity index (χ2n) is 14.6. The molecule has 4 rings (SSSR count). The van der Waals surface area contributed by atoms with E-state index < -0.39 is 17.1 Å². The average molecular weight is 612 g/mol. The normalized spacial score (nSPS) is 15.0. The summed E-state index contributed by atoms with van der Waals surface area (Å²) in [5, 5.41) is 6.16. The first kappa shape index (κ1) is 33.7. The molecule has 45 heavy (non-hydrogen) atoms. The number of carbonyl (C=O) groups excluding carboxylic acids is 2. The minimum Gasteiger partial charge on any atom is -0.444 e. The number of aromatic nitrogens is 2. The van der Waals surface area contributed by atoms with Gasteiger partial charge >= 0.3 is 6.09 Å². The quantitative estimate of drug-likeness (QED) is 0.226. The second kappa shape index (κ2) is 13.4. The van der Waals surface area contributed by atoms with Gasteiger partial charge in [0.25, 0.3) is 0 Å². The van der Waals surface area contributed by atoms with Crippen LogP contribution in [0.2, 0.25) is 0 Å². The number of ether oxygens (including phenoxy) is 1. The van der Waals surface area contributed by atoms with E-state index in [1.165, 1.54) is 0 Å². The van der Waals surface area contributed by atoms with Crippen molar-refractivity contribution >= 4 is 23.3 Å². The van der Waals surface area contributed by atoms with E-state index in [0.29, 0.717) is 5.82 Å². The predicted octanol–water partition coefficient (Wildman–Crippen LogP) is 8.34. The number of amides is 2. The fourth-order valence-corrected chi connectivity index (χ4v) is 5.15. The molecule has 2 aromatic carbocycles. The Bertz CT molecular complexity index is 1550. The molecule has 0 unspecified atom stereocenters. The van der Waals surface area contributed by atoms with Gasteiger partial charge in [-0.1, -0.05) is 97.0 Å². The summed E-state index contributed by atoms with van der Waals surface area (Å²) in [6.07, 6.45) is 3.99. The van der Waals surface area contributed by atoms with Crippen molar-refractivity contribution < 1.29 is 14.3 Å². The summed E-state index contributed by atoms with van der Waals surface area (Å²) < 4.78 is 5.45. The molecule has 1 aliphatic rings. The van der Waals surface area contributed by atoms with E-state index in [1.54, 1.807) is 6.20 Å². The van der Waals surface area contributed by atoms with Crippen LogP contribution in [0, 0.1) is 17.3 Å². The van der Waals surface area contributed by atoms with E-state index in [-0.39, 0.29) is 29.8 Å². The first-order valence-corrected chi connectivity index (χ1v) is 15.8. The van der Waals surface area contributed by atoms with E-state index in [4.69, 9.17) is 9.73 Å². The lowest BCUT2D eigenvalue weighted by Gasteiger charge is -2.27. The van der Waals surface area contributed by atoms with Gasteiger partial charge in [-0.05, 0) is 60.4 Å². The van der Waals surface area contributed by atoms with Crippen LogP contribution in [-0.2, 0) is 9.53 Å². The first-order valence-electron chi connectivity index (χ1n) is 15.8. The molecular weight excluding hydrogens is 562 g/mol. The van der Waals surface area contributed by atoms with Gasteiger partial charge in [0.1, 0.15) is 11.4 Å². The van der Waals surface area contributed by atoms with Crippen LogP contribution in [0.15, 0.2) is 65.9 Å². The largest absolute Gasteiger partial charge is 0.444 e. The number of nitrogens with zero attached hydrogens (tertiary/aromatic N) is 2. The van der Waals surface area contributed by atoms with Crippen molar-refractivity contribution in [1.82, 2.24) is 20.6 Å². The molecule has 8 nitrogen and oxygen atoms in total. The van der Waals surface area contributed by atoms with Crippen LogP contribution in [0.3, 0.4) is 0 Å². The molecule has 0 bridgehead atoms. The van der Waals surface area contributed by atoms with Crippen LogP contribution >= 0.6 is 0 Å². The minimum absolute atomic E-state index is 0.0376. The topological polar surface area (TPSA) is 108 Å². The Morgan fingerprint density at radius 3 is 1.82 bits per heavy atom. The summed E-state index contributed by atoms with van der Waals surface area (Å²) in [7, 11) is 0. The maximum absolute atomic E-state index is 12.7. The Kier molecular flexibility index (Phi) is 10.1. The summed E-state index contributed by atoms with van der Waals surface area (Å²) in [6.45, 7) is 19.6. The van der Waals surface area contributed by atoms with Crippen molar-refractivity contribution in [3.8, 4) is 22.4 Å². The molecule has 0 aliphatic carbocycles. The summed E-state index contributed by atoms with van der Waals surface area (Å²) in [4.78, 5) is 37.8. The van der Waals surface area contributed by atoms with Gasteiger partial charge in [0.05, 0.1) is 24.0 Å². The van der Waals surface area contributed by atoms with Gasteiger partial charge in [-0.2, -0.15) is 0 Å². The van der Waals surface area contributed by atoms with Crippen molar-refractivity contribution in [3.63, 3.8) is 0 Å². The Balaban J connectivity index is 1.41. The Labute approximate surface area is 268 Å². The van der Waals surface area contributed by atoms with Gasteiger partial charge in [-0.3, -0.25) is 9.79 Å². The molecule has 1 aliphatic heterocycles. The standard InChI is InChI=1S/C37H49N5O3/c1-22(2)31(41-34(43)36(5,6)7)29-19-28(20-38-29)26-13-11-24(12-14-26)25-15-17-27(18-16-25)30-21-39-33(40-30)32(23(3)4)42-35(44)45-37(8,9)10/h11-18,20-23,31-32H,19H2,1-10H3,(H,39,40)(H,41,43)(H,42,44)/t31-,32-/m0/s1. The summed E-state index contributed by atoms with van der Waals surface area (Å²) in [5.74, 6) is 1.09. The van der Waals surface area contributed by atoms with Crippen molar-refractivity contribution in [2.45, 2.75) is 93.3 Å². The van der Waals surface area contributed by atoms with Gasteiger partial charge in [-0.15, -0.1) is 0 Å². The summed E-state index contributed by atoms with van der Waals surface area (Å²) in [6, 6.07) is 16.5. The SMILES string of the molecule is CC(C)[C@H](NC(=O)C(C)(C)C)C1=NC=C(c2ccc(-c3ccc(-c4cnc([C@@H](NC(=O)OC(C)(C)C)C(C)C)[nH]4)cc3)cc2)C1. The van der Waals surface area contributed by atoms with E-state index in [1.807, 2.05) is 61.6 Å². The molecule has 0 saturated carbocycles. The number of aromatic amines is 1. The number of nitrogens with one attached hydrogen (secondary N) is 3. The lowest BCUT2D eigenvalue weighted by Crippen LogP contribution is -2.48. The maximum atomic E-state index is 12.7. The molecule has 8 heteroatoms. The monoisotopic (exact) mass is 611 g/mol. The van der Waals surface area contributed by atoms with Crippen LogP contribution in [0.1, 0.15) is 93.1 Å². The molecule has 1 aromatic heterocycles. The van der Waals surface area contributed by atoms with Gasteiger partial charge in [0.15, 0.2) is 0 Å². The maximum Gasteiger partial charge on any atom is 0.408 e. The number of allylic oxidation sites excluding steroid dienone is 1. The molecule has 2 amide bonds. The molecule has 0 radical (unpaired) electrons. The molecule has 0 saturated heterocycles. The van der Waals surface area contributed by atoms with Gasteiger partial charge in [0.2, 0.25) is 5.91 Å². The van der Waals surface area contributed by atoms with Crippen LogP contribution in [-0.4, -0.2) is 39.3 Å². The van der Waals surface area contributed by atoms with E-state index in [9.17, 15) is 9.59 Å². The fraction of sp³-hybridized carbons (Fsp3) is 0.459. The predicted molar refractivity (Wildman–Crippen MR) is 183 cm³/mol. The highest BCUT2D eigenvalue weighted by Crippen LogP contribution is 2.31. The zero-order chi connectivity index (χ0) is 33.1. The highest BCUT2D eigenvalue weighted by atomic mass is 16.6. The van der Waals surface area contributed by atoms with Gasteiger partial charge in [0, 0.05) is 23.7 Å². The van der Waals surface area contributed by atoms with Gasteiger partial charge in [-0.25, -0.2) is 9.78 Å². The molecule has 0 spiro atoms. The Hall–Kier alpha value is -4.20. The second-order valence-corrected chi connectivity index (χ2v) is 14.6. The lowest BCUT2D eigenvalue weighted by atomic mass is 9.90. The highest BCUT2D eigenvalue weighted by molar-refractivity contribution is 6.03. The molecule has 0 fully saturated rings. The number of benzene rings is 2. The number of H-pyrrole nitrogens is 1. The highest BCUT2D eigenvalue weighted by Gasteiger charge is 2.30. The minimum atomic E-state index is -0.572. The third kappa shape index (κ3) is 8.71. The smallest absolute Gasteiger partial charge is 0.408 e. The first-order chi connectivity index (χ1) is 21.0. The zero-order valence-corrected chi connectivity index (χ0v) is 28.4. The number of rotatable bonds is 9. The number of hydrogen-bond acceptors (Lipinski definition) is 5. The van der Waals surface area contributed by atoms with Crippen molar-refractivity contribution in [3.05, 3.63) is 72.3 Å². The number of hydrogen-bond donors (Lipinski definition) is 3. The van der Waals surface area contributed by atoms with Crippen LogP contribution in [0.25, 0.3) is 28.0 Å². The molecule has 240 valence electrons. The van der Waals surface area contributed by atoms with Crippen LogP contribution in [0.4, 0.5) is 4.79 Å². The summed E-state index contributed by atoms with van der Waals surface area (Å²) in [5.41, 5.74) is 6.38. The van der Waals surface area contributed by atoms with Crippen molar-refractivity contribution in [1.29, 1.82) is 0 Å². The Morgan fingerprint density at radius 1 is 0.778 bits per heavy atom. The van der Waals surface area contributed by atoms with Crippen molar-refractivity contribution in [2.75, 3.05) is 0 Å². The summed E-state index contributed by atoms with van der Waals surface area (Å²) >= 11 is 0. The molecule has 3 aromatic rings. The van der Waals surface area contributed by atoms with E-state index >= 15 is 0 Å². The number of carbonyl (C=O) groups is 2. The number of imidazole rings is 1. The van der Waals surface area contributed by atoms with E-state index in [0.717, 1.165) is 45.7 Å². The molecule has 2 atom stereocenters. The number of alkyl carbamates (subject to hydrolysis) is 1. The Morgan fingerprint density at radius 2 is 1.31 bits per heavy atom. The molecule has 2 heterocycles. The van der Waals surface area contributed by atoms with Crippen LogP contribution < -0.4 is 10.6 Å². The third-order valence-corrected chi connectivity index (χ3v) is 7.77. The fourth-order valence-electron chi connectivity index (χ4n) is 5.15. The average Bonchev–Trinajstić information content (AvgIpc) is 3.64. The van der Waals surface area contributed by atoms with Gasteiger partial charge < -0.3 is 20.4 Å². The number of aliphatic imine (C=N–C) groups is 1. The third-order valence-electron chi connectivity index (χ3n) is 7.77. The van der Waals surface area contributed by atoms with E-state index in [2.05, 4.69) is 83.0 Å².